The van der Waals surface area contributed by atoms with Crippen LogP contribution in [0.1, 0.15) is 18.9 Å². The van der Waals surface area contributed by atoms with Gasteiger partial charge in [0.2, 0.25) is 0 Å². The van der Waals surface area contributed by atoms with E-state index >= 15 is 0 Å². The van der Waals surface area contributed by atoms with Crippen LogP contribution in [0.3, 0.4) is 0 Å². The molecule has 0 saturated carbocycles. The van der Waals surface area contributed by atoms with E-state index in [4.69, 9.17) is 21.1 Å². The molecule has 84 valence electrons. The first kappa shape index (κ1) is 12.2. The Hall–Kier alpha value is -0.890. The lowest BCUT2D eigenvalue weighted by atomic mass is 10.1. The predicted molar refractivity (Wildman–Crippen MR) is 63.2 cm³/mol. The zero-order valence-corrected chi connectivity index (χ0v) is 10.0. The summed E-state index contributed by atoms with van der Waals surface area (Å²) < 4.78 is 10.8. The van der Waals surface area contributed by atoms with Gasteiger partial charge in [0.05, 0.1) is 13.7 Å². The monoisotopic (exact) mass is 228 g/mol. The summed E-state index contributed by atoms with van der Waals surface area (Å²) in [5.41, 5.74) is 1.20. The quantitative estimate of drug-likeness (QED) is 0.550. The van der Waals surface area contributed by atoms with Crippen molar-refractivity contribution in [3.63, 3.8) is 0 Å². The molecule has 0 saturated heterocycles. The van der Waals surface area contributed by atoms with Crippen molar-refractivity contribution in [2.75, 3.05) is 19.6 Å². The summed E-state index contributed by atoms with van der Waals surface area (Å²) in [6, 6.07) is 5.93. The van der Waals surface area contributed by atoms with E-state index in [1.54, 1.807) is 7.11 Å². The van der Waals surface area contributed by atoms with Gasteiger partial charge in [-0.3, -0.25) is 0 Å². The highest BCUT2D eigenvalue weighted by Gasteiger charge is 2.02. The van der Waals surface area contributed by atoms with Crippen LogP contribution in [0.4, 0.5) is 0 Å². The molecule has 0 atom stereocenters. The molecule has 0 heterocycles. The number of ether oxygens (including phenoxy) is 2. The summed E-state index contributed by atoms with van der Waals surface area (Å²) in [5.74, 6) is 2.36. The van der Waals surface area contributed by atoms with Crippen LogP contribution in [0, 0.1) is 0 Å². The van der Waals surface area contributed by atoms with Gasteiger partial charge in [0.1, 0.15) is 11.5 Å². The largest absolute Gasteiger partial charge is 0.496 e. The molecule has 1 rings (SSSR count). The molecule has 0 unspecified atom stereocenters. The van der Waals surface area contributed by atoms with Gasteiger partial charge in [-0.25, -0.2) is 0 Å². The Labute approximate surface area is 96.2 Å². The van der Waals surface area contributed by atoms with E-state index in [-0.39, 0.29) is 0 Å². The standard InChI is InChI=1S/C12H17ClO2/c1-3-10-5-6-11(9-12(10)14-2)15-8-4-7-13/h5-6,9H,3-4,7-8H2,1-2H3. The maximum atomic E-state index is 5.57. The molecule has 0 aromatic heterocycles. The molecule has 0 aliphatic rings. The molecular formula is C12H17ClO2. The number of rotatable bonds is 6. The first-order valence-corrected chi connectivity index (χ1v) is 5.71. The van der Waals surface area contributed by atoms with Crippen LogP contribution >= 0.6 is 11.6 Å². The first-order chi connectivity index (χ1) is 7.31. The number of methoxy groups -OCH3 is 1. The van der Waals surface area contributed by atoms with Crippen molar-refractivity contribution in [2.45, 2.75) is 19.8 Å². The van der Waals surface area contributed by atoms with Crippen LogP contribution in [0.5, 0.6) is 11.5 Å². The topological polar surface area (TPSA) is 18.5 Å². The SMILES string of the molecule is CCc1ccc(OCCCCl)cc1OC. The fourth-order valence-corrected chi connectivity index (χ4v) is 1.46. The molecule has 0 fully saturated rings. The van der Waals surface area contributed by atoms with Gasteiger partial charge in [0, 0.05) is 11.9 Å². The fourth-order valence-electron chi connectivity index (χ4n) is 1.35. The lowest BCUT2D eigenvalue weighted by Gasteiger charge is -2.10. The molecule has 0 amide bonds. The second-order valence-corrected chi connectivity index (χ2v) is 3.60. The Bertz CT molecular complexity index is 300. The summed E-state index contributed by atoms with van der Waals surface area (Å²) in [6.45, 7) is 2.75. The molecule has 0 radical (unpaired) electrons. The molecule has 15 heavy (non-hydrogen) atoms. The van der Waals surface area contributed by atoms with Crippen molar-refractivity contribution in [3.8, 4) is 11.5 Å². The van der Waals surface area contributed by atoms with Gasteiger partial charge in [0.15, 0.2) is 0 Å². The molecule has 3 heteroatoms. The van der Waals surface area contributed by atoms with E-state index in [2.05, 4.69) is 6.92 Å². The van der Waals surface area contributed by atoms with Gasteiger partial charge in [-0.05, 0) is 24.5 Å². The van der Waals surface area contributed by atoms with Crippen LogP contribution in [0.25, 0.3) is 0 Å². The van der Waals surface area contributed by atoms with Gasteiger partial charge in [-0.15, -0.1) is 11.6 Å². The Kier molecular flexibility index (Phi) is 5.33. The van der Waals surface area contributed by atoms with E-state index in [1.165, 1.54) is 5.56 Å². The normalized spacial score (nSPS) is 10.1. The average molecular weight is 229 g/mol. The van der Waals surface area contributed by atoms with Crippen LogP contribution in [-0.2, 0) is 6.42 Å². The molecule has 0 aliphatic heterocycles. The molecule has 0 N–H and O–H groups in total. The molecule has 1 aromatic rings. The van der Waals surface area contributed by atoms with E-state index in [9.17, 15) is 0 Å². The Balaban J connectivity index is 2.66. The number of benzene rings is 1. The van der Waals surface area contributed by atoms with Gasteiger partial charge >= 0.3 is 0 Å². The molecule has 0 spiro atoms. The molecule has 0 bridgehead atoms. The molecule has 2 nitrogen and oxygen atoms in total. The van der Waals surface area contributed by atoms with Gasteiger partial charge in [0.25, 0.3) is 0 Å². The van der Waals surface area contributed by atoms with Crippen LogP contribution in [0.15, 0.2) is 18.2 Å². The number of halogens is 1. The summed E-state index contributed by atoms with van der Waals surface area (Å²) in [7, 11) is 1.68. The minimum Gasteiger partial charge on any atom is -0.496 e. The maximum Gasteiger partial charge on any atom is 0.125 e. The lowest BCUT2D eigenvalue weighted by Crippen LogP contribution is -1.99. The Morgan fingerprint density at radius 3 is 2.73 bits per heavy atom. The van der Waals surface area contributed by atoms with E-state index in [0.717, 1.165) is 24.3 Å². The summed E-state index contributed by atoms with van der Waals surface area (Å²) in [6.07, 6.45) is 1.82. The predicted octanol–water partition coefficient (Wildman–Crippen LogP) is 3.27. The van der Waals surface area contributed by atoms with E-state index in [0.29, 0.717) is 12.5 Å². The van der Waals surface area contributed by atoms with Gasteiger partial charge in [-0.1, -0.05) is 13.0 Å². The highest BCUT2D eigenvalue weighted by Crippen LogP contribution is 2.25. The minimum absolute atomic E-state index is 0.629. The van der Waals surface area contributed by atoms with Crippen LogP contribution in [0.2, 0.25) is 0 Å². The van der Waals surface area contributed by atoms with E-state index < -0.39 is 0 Å². The van der Waals surface area contributed by atoms with Crippen molar-refractivity contribution in [1.29, 1.82) is 0 Å². The Morgan fingerprint density at radius 1 is 1.33 bits per heavy atom. The van der Waals surface area contributed by atoms with E-state index in [1.807, 2.05) is 18.2 Å². The van der Waals surface area contributed by atoms with Crippen molar-refractivity contribution in [1.82, 2.24) is 0 Å². The first-order valence-electron chi connectivity index (χ1n) is 5.17. The fraction of sp³-hybridized carbons (Fsp3) is 0.500. The second-order valence-electron chi connectivity index (χ2n) is 3.22. The smallest absolute Gasteiger partial charge is 0.125 e. The number of hydrogen-bond donors (Lipinski definition) is 0. The van der Waals surface area contributed by atoms with Crippen molar-refractivity contribution in [3.05, 3.63) is 23.8 Å². The molecule has 1 aromatic carbocycles. The third-order valence-electron chi connectivity index (χ3n) is 2.19. The third kappa shape index (κ3) is 3.63. The average Bonchev–Trinajstić information content (AvgIpc) is 2.29. The van der Waals surface area contributed by atoms with Crippen molar-refractivity contribution >= 4 is 11.6 Å². The number of aryl methyl sites for hydroxylation is 1. The maximum absolute atomic E-state index is 5.57. The van der Waals surface area contributed by atoms with Crippen LogP contribution in [-0.4, -0.2) is 19.6 Å². The summed E-state index contributed by atoms with van der Waals surface area (Å²) in [5, 5.41) is 0. The minimum atomic E-state index is 0.629. The summed E-state index contributed by atoms with van der Waals surface area (Å²) in [4.78, 5) is 0. The van der Waals surface area contributed by atoms with Crippen molar-refractivity contribution in [2.24, 2.45) is 0 Å². The molecular weight excluding hydrogens is 212 g/mol. The van der Waals surface area contributed by atoms with Crippen molar-refractivity contribution < 1.29 is 9.47 Å². The second kappa shape index (κ2) is 6.57. The highest BCUT2D eigenvalue weighted by atomic mass is 35.5. The summed E-state index contributed by atoms with van der Waals surface area (Å²) >= 11 is 5.57. The third-order valence-corrected chi connectivity index (χ3v) is 2.45. The number of hydrogen-bond acceptors (Lipinski definition) is 2. The number of alkyl halides is 1. The highest BCUT2D eigenvalue weighted by molar-refractivity contribution is 6.17. The van der Waals surface area contributed by atoms with Gasteiger partial charge < -0.3 is 9.47 Å². The zero-order valence-electron chi connectivity index (χ0n) is 9.25. The van der Waals surface area contributed by atoms with Gasteiger partial charge in [-0.2, -0.15) is 0 Å². The van der Waals surface area contributed by atoms with Crippen LogP contribution < -0.4 is 9.47 Å². The zero-order chi connectivity index (χ0) is 11.1. The lowest BCUT2D eigenvalue weighted by molar-refractivity contribution is 0.315. The Morgan fingerprint density at radius 2 is 2.13 bits per heavy atom. The molecule has 0 aliphatic carbocycles.